The molecule has 3 aromatic rings. The van der Waals surface area contributed by atoms with Gasteiger partial charge >= 0.3 is 0 Å². The van der Waals surface area contributed by atoms with Crippen LogP contribution in [-0.4, -0.2) is 51.2 Å². The molecule has 1 saturated heterocycles. The van der Waals surface area contributed by atoms with Crippen LogP contribution in [0.3, 0.4) is 0 Å². The lowest BCUT2D eigenvalue weighted by atomic mass is 9.97. The number of nitrogens with zero attached hydrogens (tertiary/aromatic N) is 5. The van der Waals surface area contributed by atoms with Crippen LogP contribution in [0.15, 0.2) is 18.2 Å². The molecule has 2 aromatic heterocycles. The summed E-state index contributed by atoms with van der Waals surface area (Å²) >= 11 is 0. The minimum absolute atomic E-state index is 0.340. The molecule has 7 nitrogen and oxygen atoms in total. The van der Waals surface area contributed by atoms with Crippen molar-refractivity contribution in [2.45, 2.75) is 32.1 Å². The minimum atomic E-state index is 0.340. The van der Waals surface area contributed by atoms with E-state index in [9.17, 15) is 0 Å². The van der Waals surface area contributed by atoms with Crippen molar-refractivity contribution in [1.82, 2.24) is 24.5 Å². The van der Waals surface area contributed by atoms with Crippen LogP contribution in [-0.2, 0) is 0 Å². The Morgan fingerprint density at radius 2 is 2.20 bits per heavy atom. The number of piperidine rings is 1. The Labute approximate surface area is 146 Å². The van der Waals surface area contributed by atoms with Gasteiger partial charge in [0, 0.05) is 17.8 Å². The number of methoxy groups -OCH3 is 1. The summed E-state index contributed by atoms with van der Waals surface area (Å²) in [5.41, 5.74) is 7.63. The predicted molar refractivity (Wildman–Crippen MR) is 98.0 cm³/mol. The van der Waals surface area contributed by atoms with Crippen molar-refractivity contribution in [2.24, 2.45) is 0 Å². The van der Waals surface area contributed by atoms with Gasteiger partial charge in [0.2, 0.25) is 5.95 Å². The fourth-order valence-corrected chi connectivity index (χ4v) is 3.77. The van der Waals surface area contributed by atoms with Crippen molar-refractivity contribution in [3.8, 4) is 5.75 Å². The number of likely N-dealkylation sites (tertiary alicyclic amines) is 1. The third-order valence-corrected chi connectivity index (χ3v) is 4.94. The minimum Gasteiger partial charge on any atom is -0.494 e. The maximum atomic E-state index is 6.15. The van der Waals surface area contributed by atoms with Crippen molar-refractivity contribution in [3.05, 3.63) is 24.0 Å². The Balaban J connectivity index is 1.79. The van der Waals surface area contributed by atoms with Crippen LogP contribution in [0.5, 0.6) is 5.75 Å². The zero-order valence-electron chi connectivity index (χ0n) is 14.8. The van der Waals surface area contributed by atoms with Crippen molar-refractivity contribution in [3.63, 3.8) is 0 Å². The average molecular weight is 340 g/mol. The van der Waals surface area contributed by atoms with Crippen LogP contribution in [0.4, 0.5) is 5.95 Å². The summed E-state index contributed by atoms with van der Waals surface area (Å²) in [6.07, 6.45) is 3.47. The first kappa shape index (κ1) is 16.1. The quantitative estimate of drug-likeness (QED) is 0.786. The first-order valence-corrected chi connectivity index (χ1v) is 8.92. The van der Waals surface area contributed by atoms with Crippen LogP contribution < -0.4 is 10.5 Å². The second-order valence-corrected chi connectivity index (χ2v) is 6.67. The molecular formula is C18H24N6O. The van der Waals surface area contributed by atoms with Crippen LogP contribution >= 0.6 is 0 Å². The van der Waals surface area contributed by atoms with Gasteiger partial charge in [-0.15, -0.1) is 5.10 Å². The molecule has 7 heteroatoms. The van der Waals surface area contributed by atoms with Crippen molar-refractivity contribution < 1.29 is 4.74 Å². The molecule has 1 aliphatic heterocycles. The Morgan fingerprint density at radius 1 is 1.32 bits per heavy atom. The number of ether oxygens (including phenoxy) is 1. The molecule has 25 heavy (non-hydrogen) atoms. The molecule has 0 saturated carbocycles. The Bertz CT molecular complexity index is 903. The third kappa shape index (κ3) is 2.78. The highest BCUT2D eigenvalue weighted by Crippen LogP contribution is 2.30. The Kier molecular flexibility index (Phi) is 4.17. The zero-order chi connectivity index (χ0) is 17.4. The molecule has 1 atom stereocenters. The first-order chi connectivity index (χ1) is 12.2. The van der Waals surface area contributed by atoms with Gasteiger partial charge in [-0.1, -0.05) is 13.0 Å². The predicted octanol–water partition coefficient (Wildman–Crippen LogP) is 2.46. The highest BCUT2D eigenvalue weighted by atomic mass is 16.5. The summed E-state index contributed by atoms with van der Waals surface area (Å²) < 4.78 is 7.08. The summed E-state index contributed by atoms with van der Waals surface area (Å²) in [5, 5.41) is 5.60. The summed E-state index contributed by atoms with van der Waals surface area (Å²) in [5.74, 6) is 2.25. The molecule has 0 spiro atoms. The average Bonchev–Trinajstić information content (AvgIpc) is 3.08. The lowest BCUT2D eigenvalue weighted by Crippen LogP contribution is -2.35. The van der Waals surface area contributed by atoms with E-state index in [4.69, 9.17) is 15.5 Å². The molecule has 4 rings (SSSR count). The van der Waals surface area contributed by atoms with E-state index in [0.717, 1.165) is 41.9 Å². The lowest BCUT2D eigenvalue weighted by molar-refractivity contribution is 0.204. The second-order valence-electron chi connectivity index (χ2n) is 6.67. The van der Waals surface area contributed by atoms with E-state index >= 15 is 0 Å². The van der Waals surface area contributed by atoms with E-state index in [1.54, 1.807) is 11.6 Å². The second kappa shape index (κ2) is 6.48. The number of nitrogens with two attached hydrogens (primary N) is 1. The van der Waals surface area contributed by atoms with E-state index in [1.165, 1.54) is 19.4 Å². The molecule has 0 radical (unpaired) electrons. The van der Waals surface area contributed by atoms with E-state index in [-0.39, 0.29) is 0 Å². The van der Waals surface area contributed by atoms with Crippen LogP contribution in [0.25, 0.3) is 16.6 Å². The fourth-order valence-electron chi connectivity index (χ4n) is 3.77. The number of aromatic nitrogens is 4. The molecule has 3 heterocycles. The van der Waals surface area contributed by atoms with E-state index < -0.39 is 0 Å². The van der Waals surface area contributed by atoms with E-state index in [1.807, 2.05) is 18.2 Å². The Morgan fingerprint density at radius 3 is 3.00 bits per heavy atom. The highest BCUT2D eigenvalue weighted by Gasteiger charge is 2.25. The van der Waals surface area contributed by atoms with Gasteiger partial charge in [0.25, 0.3) is 0 Å². The molecule has 1 aromatic carbocycles. The van der Waals surface area contributed by atoms with Crippen molar-refractivity contribution in [2.75, 3.05) is 32.5 Å². The van der Waals surface area contributed by atoms with Gasteiger partial charge in [0.1, 0.15) is 11.3 Å². The van der Waals surface area contributed by atoms with Gasteiger partial charge in [0.05, 0.1) is 7.11 Å². The largest absolute Gasteiger partial charge is 0.494 e. The standard InChI is InChI=1S/C18H24N6O/c1-3-9-23-10-5-6-12(11-23)16-21-17-13-7-4-8-14(25-2)15(13)20-18(19)24(17)22-16/h4,7-8,12H,3,5-6,9-11H2,1-2H3,(H2,19,20)/t12-/m1/s1. The smallest absolute Gasteiger partial charge is 0.223 e. The first-order valence-electron chi connectivity index (χ1n) is 8.92. The number of nitrogen functional groups attached to an aromatic ring is 1. The maximum absolute atomic E-state index is 6.15. The van der Waals surface area contributed by atoms with Crippen LogP contribution in [0.1, 0.15) is 37.9 Å². The molecule has 0 unspecified atom stereocenters. The van der Waals surface area contributed by atoms with Crippen LogP contribution in [0, 0.1) is 0 Å². The molecular weight excluding hydrogens is 316 g/mol. The molecule has 2 N–H and O–H groups in total. The van der Waals surface area contributed by atoms with Crippen LogP contribution in [0.2, 0.25) is 0 Å². The number of hydrogen-bond acceptors (Lipinski definition) is 6. The van der Waals surface area contributed by atoms with Gasteiger partial charge in [-0.3, -0.25) is 0 Å². The molecule has 1 fully saturated rings. The lowest BCUT2D eigenvalue weighted by Gasteiger charge is -2.30. The number of anilines is 1. The summed E-state index contributed by atoms with van der Waals surface area (Å²) in [6.45, 7) is 5.53. The Hall–Kier alpha value is -2.41. The molecule has 0 bridgehead atoms. The van der Waals surface area contributed by atoms with E-state index in [2.05, 4.69) is 21.9 Å². The van der Waals surface area contributed by atoms with E-state index in [0.29, 0.717) is 17.6 Å². The molecule has 1 aliphatic rings. The van der Waals surface area contributed by atoms with Crippen molar-refractivity contribution in [1.29, 1.82) is 0 Å². The topological polar surface area (TPSA) is 81.6 Å². The number of fused-ring (bicyclic) bond motifs is 3. The summed E-state index contributed by atoms with van der Waals surface area (Å²) in [6, 6.07) is 5.81. The van der Waals surface area contributed by atoms with Gasteiger partial charge in [-0.2, -0.15) is 4.52 Å². The SMILES string of the molecule is CCCN1CCC[C@@H](c2nc3c4cccc(OC)c4nc(N)n3n2)C1. The normalized spacial score (nSPS) is 18.9. The maximum Gasteiger partial charge on any atom is 0.223 e. The molecule has 132 valence electrons. The zero-order valence-corrected chi connectivity index (χ0v) is 14.8. The highest BCUT2D eigenvalue weighted by molar-refractivity contribution is 5.95. The number of hydrogen-bond donors (Lipinski definition) is 1. The molecule has 0 aliphatic carbocycles. The van der Waals surface area contributed by atoms with Gasteiger partial charge in [-0.25, -0.2) is 9.97 Å². The molecule has 0 amide bonds. The fraction of sp³-hybridized carbons (Fsp3) is 0.500. The number of rotatable bonds is 4. The van der Waals surface area contributed by atoms with Crippen molar-refractivity contribution >= 4 is 22.5 Å². The number of para-hydroxylation sites is 1. The monoisotopic (exact) mass is 340 g/mol. The van der Waals surface area contributed by atoms with Gasteiger partial charge in [-0.05, 0) is 44.5 Å². The summed E-state index contributed by atoms with van der Waals surface area (Å²) in [4.78, 5) is 11.8. The number of benzene rings is 1. The van der Waals surface area contributed by atoms with Gasteiger partial charge in [0.15, 0.2) is 11.5 Å². The van der Waals surface area contributed by atoms with Gasteiger partial charge < -0.3 is 15.4 Å². The third-order valence-electron chi connectivity index (χ3n) is 4.94. The summed E-state index contributed by atoms with van der Waals surface area (Å²) in [7, 11) is 1.64.